The molecule has 0 bridgehead atoms. The minimum atomic E-state index is -1.38. The molecule has 6 heteroatoms. The number of hydrogen-bond donors (Lipinski definition) is 1. The van der Waals surface area contributed by atoms with Crippen LogP contribution in [-0.4, -0.2) is 20.6 Å². The largest absolute Gasteiger partial charge is 0.476 e. The summed E-state index contributed by atoms with van der Waals surface area (Å²) in [6.45, 7) is 0. The fourth-order valence-corrected chi connectivity index (χ4v) is 2.35. The van der Waals surface area contributed by atoms with Gasteiger partial charge in [-0.15, -0.1) is 0 Å². The van der Waals surface area contributed by atoms with Crippen molar-refractivity contribution in [3.05, 3.63) is 69.6 Å². The maximum Gasteiger partial charge on any atom is 0.360 e. The lowest BCUT2D eigenvalue weighted by atomic mass is 10.2. The zero-order valence-corrected chi connectivity index (χ0v) is 11.4. The van der Waals surface area contributed by atoms with Crippen LogP contribution in [-0.2, 0) is 0 Å². The third-order valence-electron chi connectivity index (χ3n) is 3.05. The van der Waals surface area contributed by atoms with Crippen molar-refractivity contribution in [2.75, 3.05) is 0 Å². The third-order valence-corrected chi connectivity index (χ3v) is 3.36. The molecule has 0 saturated heterocycles. The highest BCUT2D eigenvalue weighted by Crippen LogP contribution is 2.22. The summed E-state index contributed by atoms with van der Waals surface area (Å²) in [6, 6.07) is 13.7. The molecule has 2 aromatic carbocycles. The molecule has 0 unspecified atom stereocenters. The Labute approximate surface area is 124 Å². The average Bonchev–Trinajstić information content (AvgIpc) is 2.47. The molecule has 1 heterocycles. The number of para-hydroxylation sites is 2. The summed E-state index contributed by atoms with van der Waals surface area (Å²) in [7, 11) is 0. The standard InChI is InChI=1S/C15H9ClN2O3/c16-10-7-4-8-11-12(10)17-13(15(20)21)14(19)18(11)9-5-2-1-3-6-9/h1-8H,(H,20,21). The van der Waals surface area contributed by atoms with Crippen molar-refractivity contribution in [2.45, 2.75) is 0 Å². The van der Waals surface area contributed by atoms with Crippen LogP contribution in [0.1, 0.15) is 10.5 Å². The van der Waals surface area contributed by atoms with E-state index in [4.69, 9.17) is 16.7 Å². The second-order valence-electron chi connectivity index (χ2n) is 4.35. The molecule has 0 spiro atoms. The Morgan fingerprint density at radius 2 is 1.81 bits per heavy atom. The van der Waals surface area contributed by atoms with Crippen molar-refractivity contribution in [3.63, 3.8) is 0 Å². The molecule has 104 valence electrons. The van der Waals surface area contributed by atoms with Crippen molar-refractivity contribution in [3.8, 4) is 5.69 Å². The number of carboxylic acids is 1. The molecule has 0 radical (unpaired) electrons. The molecule has 0 aliphatic heterocycles. The minimum Gasteiger partial charge on any atom is -0.476 e. The second-order valence-corrected chi connectivity index (χ2v) is 4.76. The van der Waals surface area contributed by atoms with E-state index in [0.717, 1.165) is 0 Å². The molecule has 3 aromatic rings. The first-order valence-electron chi connectivity index (χ1n) is 6.09. The van der Waals surface area contributed by atoms with Gasteiger partial charge in [0.1, 0.15) is 5.52 Å². The minimum absolute atomic E-state index is 0.278. The monoisotopic (exact) mass is 300 g/mol. The maximum absolute atomic E-state index is 12.4. The smallest absolute Gasteiger partial charge is 0.360 e. The molecule has 21 heavy (non-hydrogen) atoms. The summed E-state index contributed by atoms with van der Waals surface area (Å²) in [5, 5.41) is 9.46. The van der Waals surface area contributed by atoms with Crippen LogP contribution < -0.4 is 5.56 Å². The quantitative estimate of drug-likeness (QED) is 0.790. The van der Waals surface area contributed by atoms with Gasteiger partial charge in [0.05, 0.1) is 10.5 Å². The van der Waals surface area contributed by atoms with Gasteiger partial charge in [-0.05, 0) is 24.3 Å². The van der Waals surface area contributed by atoms with Crippen LogP contribution in [0.15, 0.2) is 53.3 Å². The summed E-state index contributed by atoms with van der Waals surface area (Å²) >= 11 is 6.07. The average molecular weight is 301 g/mol. The van der Waals surface area contributed by atoms with Crippen molar-refractivity contribution in [1.29, 1.82) is 0 Å². The number of nitrogens with zero attached hydrogens (tertiary/aromatic N) is 2. The SMILES string of the molecule is O=C(O)c1nc2c(Cl)cccc2n(-c2ccccc2)c1=O. The van der Waals surface area contributed by atoms with Crippen LogP contribution in [0.3, 0.4) is 0 Å². The fraction of sp³-hybridized carbons (Fsp3) is 0. The predicted octanol–water partition coefficient (Wildman–Crippen LogP) is 2.74. The van der Waals surface area contributed by atoms with Gasteiger partial charge in [-0.2, -0.15) is 0 Å². The van der Waals surface area contributed by atoms with Gasteiger partial charge < -0.3 is 5.11 Å². The lowest BCUT2D eigenvalue weighted by Crippen LogP contribution is -2.27. The molecular weight excluding hydrogens is 292 g/mol. The number of rotatable bonds is 2. The summed E-state index contributed by atoms with van der Waals surface area (Å²) in [4.78, 5) is 27.5. The number of carbonyl (C=O) groups is 1. The normalized spacial score (nSPS) is 10.7. The number of hydrogen-bond acceptors (Lipinski definition) is 3. The highest BCUT2D eigenvalue weighted by molar-refractivity contribution is 6.34. The number of aromatic carboxylic acids is 1. The molecule has 0 amide bonds. The van der Waals surface area contributed by atoms with Gasteiger partial charge >= 0.3 is 5.97 Å². The van der Waals surface area contributed by atoms with E-state index in [-0.39, 0.29) is 5.52 Å². The van der Waals surface area contributed by atoms with E-state index in [1.807, 2.05) is 6.07 Å². The topological polar surface area (TPSA) is 72.2 Å². The Balaban J connectivity index is 2.52. The molecular formula is C15H9ClN2O3. The Bertz CT molecular complexity index is 904. The number of benzene rings is 2. The van der Waals surface area contributed by atoms with Crippen LogP contribution in [0.2, 0.25) is 5.02 Å². The van der Waals surface area contributed by atoms with Crippen LogP contribution in [0.4, 0.5) is 0 Å². The molecule has 1 N–H and O–H groups in total. The molecule has 5 nitrogen and oxygen atoms in total. The highest BCUT2D eigenvalue weighted by Gasteiger charge is 2.18. The lowest BCUT2D eigenvalue weighted by molar-refractivity contribution is 0.0688. The predicted molar refractivity (Wildman–Crippen MR) is 79.3 cm³/mol. The van der Waals surface area contributed by atoms with Crippen LogP contribution >= 0.6 is 11.6 Å². The van der Waals surface area contributed by atoms with Gasteiger partial charge in [0.2, 0.25) is 5.69 Å². The van der Waals surface area contributed by atoms with Gasteiger partial charge in [-0.3, -0.25) is 9.36 Å². The first-order chi connectivity index (χ1) is 10.1. The fourth-order valence-electron chi connectivity index (χ4n) is 2.14. The van der Waals surface area contributed by atoms with Crippen LogP contribution in [0.5, 0.6) is 0 Å². The van der Waals surface area contributed by atoms with Crippen molar-refractivity contribution in [1.82, 2.24) is 9.55 Å². The Morgan fingerprint density at radius 1 is 1.10 bits per heavy atom. The van der Waals surface area contributed by atoms with Gasteiger partial charge in [-0.25, -0.2) is 9.78 Å². The zero-order chi connectivity index (χ0) is 15.0. The number of halogens is 1. The first kappa shape index (κ1) is 13.3. The van der Waals surface area contributed by atoms with E-state index in [0.29, 0.717) is 16.2 Å². The van der Waals surface area contributed by atoms with E-state index in [9.17, 15) is 9.59 Å². The summed E-state index contributed by atoms with van der Waals surface area (Å²) in [5.41, 5.74) is 0.0475. The Kier molecular flexibility index (Phi) is 3.19. The highest BCUT2D eigenvalue weighted by atomic mass is 35.5. The summed E-state index contributed by atoms with van der Waals surface area (Å²) in [6.07, 6.45) is 0. The van der Waals surface area contributed by atoms with Gasteiger partial charge in [0.15, 0.2) is 0 Å². The van der Waals surface area contributed by atoms with Crippen molar-refractivity contribution in [2.24, 2.45) is 0 Å². The molecule has 0 saturated carbocycles. The molecule has 0 fully saturated rings. The van der Waals surface area contributed by atoms with E-state index in [2.05, 4.69) is 4.98 Å². The van der Waals surface area contributed by atoms with Crippen LogP contribution in [0.25, 0.3) is 16.7 Å². The molecule has 3 rings (SSSR count). The van der Waals surface area contributed by atoms with Gasteiger partial charge in [0, 0.05) is 5.69 Å². The van der Waals surface area contributed by atoms with Crippen molar-refractivity contribution >= 4 is 28.6 Å². The third kappa shape index (κ3) is 2.17. The molecule has 1 aromatic heterocycles. The van der Waals surface area contributed by atoms with E-state index >= 15 is 0 Å². The maximum atomic E-state index is 12.4. The Hall–Kier alpha value is -2.66. The van der Waals surface area contributed by atoms with E-state index < -0.39 is 17.2 Å². The zero-order valence-electron chi connectivity index (χ0n) is 10.7. The Morgan fingerprint density at radius 3 is 2.48 bits per heavy atom. The summed E-state index contributed by atoms with van der Waals surface area (Å²) < 4.78 is 1.30. The second kappa shape index (κ2) is 5.03. The molecule has 0 aliphatic rings. The number of fused-ring (bicyclic) bond motifs is 1. The summed E-state index contributed by atoms with van der Waals surface area (Å²) in [5.74, 6) is -1.38. The van der Waals surface area contributed by atoms with E-state index in [1.165, 1.54) is 4.57 Å². The molecule has 0 atom stereocenters. The van der Waals surface area contributed by atoms with Crippen LogP contribution in [0, 0.1) is 0 Å². The molecule has 0 aliphatic carbocycles. The first-order valence-corrected chi connectivity index (χ1v) is 6.47. The number of carboxylic acid groups (broad SMARTS) is 1. The van der Waals surface area contributed by atoms with Crippen molar-refractivity contribution < 1.29 is 9.90 Å². The van der Waals surface area contributed by atoms with E-state index in [1.54, 1.807) is 42.5 Å². The lowest BCUT2D eigenvalue weighted by Gasteiger charge is -2.11. The van der Waals surface area contributed by atoms with Gasteiger partial charge in [-0.1, -0.05) is 35.9 Å². The number of aromatic nitrogens is 2. The van der Waals surface area contributed by atoms with Gasteiger partial charge in [0.25, 0.3) is 5.56 Å².